The van der Waals surface area contributed by atoms with Crippen molar-refractivity contribution in [1.82, 2.24) is 0 Å². The second-order valence-corrected chi connectivity index (χ2v) is 16.4. The summed E-state index contributed by atoms with van der Waals surface area (Å²) in [6.07, 6.45) is 40.7. The molecule has 0 saturated carbocycles. The van der Waals surface area contributed by atoms with Crippen molar-refractivity contribution >= 4 is 19.8 Å². The fourth-order valence-electron chi connectivity index (χ4n) is 4.90. The summed E-state index contributed by atoms with van der Waals surface area (Å²) in [5.41, 5.74) is 0. The molecule has 0 aliphatic heterocycles. The van der Waals surface area contributed by atoms with Gasteiger partial charge in [0.15, 0.2) is 6.10 Å². The first-order valence-electron chi connectivity index (χ1n) is 21.2. The van der Waals surface area contributed by atoms with Crippen LogP contribution in [-0.2, 0) is 32.7 Å². The van der Waals surface area contributed by atoms with E-state index in [-0.39, 0.29) is 32.5 Å². The first-order chi connectivity index (χ1) is 27.8. The Morgan fingerprint density at radius 2 is 1.24 bits per heavy atom. The molecule has 1 unspecified atom stereocenters. The predicted octanol–water partition coefficient (Wildman–Crippen LogP) is 9.10. The number of ether oxygens (including phenoxy) is 2. The van der Waals surface area contributed by atoms with E-state index in [0.717, 1.165) is 51.4 Å². The van der Waals surface area contributed by atoms with E-state index in [2.05, 4.69) is 68.5 Å². The molecular formula is C46H76NO10P. The Hall–Kier alpha value is -3.15. The summed E-state index contributed by atoms with van der Waals surface area (Å²) < 4.78 is 33.6. The van der Waals surface area contributed by atoms with Gasteiger partial charge >= 0.3 is 11.9 Å². The van der Waals surface area contributed by atoms with E-state index in [9.17, 15) is 29.3 Å². The van der Waals surface area contributed by atoms with Crippen LogP contribution in [0.3, 0.4) is 0 Å². The maximum atomic E-state index is 12.7. The van der Waals surface area contributed by atoms with E-state index in [1.54, 1.807) is 36.5 Å². The predicted molar refractivity (Wildman–Crippen MR) is 234 cm³/mol. The number of likely N-dealkylation sites (N-methyl/N-ethyl adjacent to an activating group) is 1. The van der Waals surface area contributed by atoms with Gasteiger partial charge in [-0.15, -0.1) is 0 Å². The molecule has 0 aromatic heterocycles. The number of hydrogen-bond donors (Lipinski definition) is 2. The van der Waals surface area contributed by atoms with Gasteiger partial charge in [-0.05, 0) is 77.0 Å². The molecule has 0 radical (unpaired) electrons. The smallest absolute Gasteiger partial charge is 0.306 e. The lowest BCUT2D eigenvalue weighted by Crippen LogP contribution is -2.37. The highest BCUT2D eigenvalue weighted by atomic mass is 31.2. The largest absolute Gasteiger partial charge is 0.756 e. The van der Waals surface area contributed by atoms with Crippen LogP contribution < -0.4 is 4.89 Å². The molecule has 330 valence electrons. The highest BCUT2D eigenvalue weighted by molar-refractivity contribution is 7.45. The Morgan fingerprint density at radius 1 is 0.672 bits per heavy atom. The summed E-state index contributed by atoms with van der Waals surface area (Å²) in [6, 6.07) is 0. The third kappa shape index (κ3) is 39.7. The van der Waals surface area contributed by atoms with Crippen molar-refractivity contribution in [3.8, 4) is 0 Å². The average Bonchev–Trinajstić information content (AvgIpc) is 3.16. The lowest BCUT2D eigenvalue weighted by Gasteiger charge is -2.28. The van der Waals surface area contributed by atoms with E-state index >= 15 is 0 Å². The Morgan fingerprint density at radius 3 is 1.86 bits per heavy atom. The van der Waals surface area contributed by atoms with Gasteiger partial charge in [-0.2, -0.15) is 0 Å². The normalized spacial score (nSPS) is 15.7. The van der Waals surface area contributed by atoms with Gasteiger partial charge in [0.2, 0.25) is 0 Å². The van der Waals surface area contributed by atoms with Crippen LogP contribution in [0.25, 0.3) is 0 Å². The lowest BCUT2D eigenvalue weighted by atomic mass is 10.1. The third-order valence-corrected chi connectivity index (χ3v) is 9.24. The van der Waals surface area contributed by atoms with Crippen LogP contribution in [0.15, 0.2) is 97.2 Å². The van der Waals surface area contributed by atoms with Crippen molar-refractivity contribution in [3.05, 3.63) is 97.2 Å². The fourth-order valence-corrected chi connectivity index (χ4v) is 5.62. The van der Waals surface area contributed by atoms with Gasteiger partial charge in [0.05, 0.1) is 40.0 Å². The first-order valence-corrected chi connectivity index (χ1v) is 22.6. The van der Waals surface area contributed by atoms with E-state index < -0.39 is 44.7 Å². The number of allylic oxidation sites excluding steroid dienone is 13. The van der Waals surface area contributed by atoms with Crippen molar-refractivity contribution in [3.63, 3.8) is 0 Å². The van der Waals surface area contributed by atoms with Gasteiger partial charge in [-0.1, -0.05) is 124 Å². The summed E-state index contributed by atoms with van der Waals surface area (Å²) in [7, 11) is 0.966. The van der Waals surface area contributed by atoms with Crippen molar-refractivity contribution in [2.24, 2.45) is 0 Å². The standard InChI is InChI=1S/C46H76NO10P/c1-6-8-10-12-14-15-16-17-18-19-20-21-22-24-30-36-45(50)54-40-44(41-56-58(52,53)55-39-38-47(3,4)5)57-46(51)37-31-35-43(49)34-29-26-25-28-33-42(48)32-27-23-13-11-9-7-2/h8,10,14-15,17-18,20-21,23,25-29,33-34,42-44,48-49H,6-7,9,11-13,16,19,22,24,30-32,35-41H2,1-5H3/b10-8-,15-14-,18-17-,21-20-,26-25+,27-23-,33-28+,34-29-/t42-,43-,44+/m0/s1. The summed E-state index contributed by atoms with van der Waals surface area (Å²) >= 11 is 0. The molecule has 0 aliphatic carbocycles. The zero-order chi connectivity index (χ0) is 43.2. The summed E-state index contributed by atoms with van der Waals surface area (Å²) in [5, 5.41) is 20.3. The highest BCUT2D eigenvalue weighted by Crippen LogP contribution is 2.38. The zero-order valence-corrected chi connectivity index (χ0v) is 37.1. The molecule has 0 bridgehead atoms. The number of carbonyl (C=O) groups is 2. The number of aliphatic hydroxyl groups is 2. The molecule has 12 heteroatoms. The lowest BCUT2D eigenvalue weighted by molar-refractivity contribution is -0.870. The molecule has 0 spiro atoms. The van der Waals surface area contributed by atoms with Crippen molar-refractivity contribution in [1.29, 1.82) is 0 Å². The Bertz CT molecular complexity index is 1340. The number of nitrogens with zero attached hydrogens (tertiary/aromatic N) is 1. The molecule has 0 amide bonds. The van der Waals surface area contributed by atoms with Crippen molar-refractivity contribution in [2.45, 2.75) is 135 Å². The number of unbranched alkanes of at least 4 members (excludes halogenated alkanes) is 5. The molecular weight excluding hydrogens is 757 g/mol. The van der Waals surface area contributed by atoms with Crippen LogP contribution in [0.2, 0.25) is 0 Å². The monoisotopic (exact) mass is 834 g/mol. The summed E-state index contributed by atoms with van der Waals surface area (Å²) in [5.74, 6) is -1.14. The van der Waals surface area contributed by atoms with Crippen LogP contribution in [-0.4, -0.2) is 92.5 Å². The molecule has 0 aromatic rings. The number of carbonyl (C=O) groups excluding carboxylic acids is 2. The Kier molecular flexibility index (Phi) is 34.9. The first kappa shape index (κ1) is 54.9. The molecule has 4 atom stereocenters. The number of esters is 2. The quantitative estimate of drug-likeness (QED) is 0.0156. The zero-order valence-electron chi connectivity index (χ0n) is 36.2. The minimum absolute atomic E-state index is 0.0504. The molecule has 58 heavy (non-hydrogen) atoms. The number of hydrogen-bond acceptors (Lipinski definition) is 10. The van der Waals surface area contributed by atoms with Gasteiger partial charge in [0.1, 0.15) is 19.8 Å². The Balaban J connectivity index is 4.75. The van der Waals surface area contributed by atoms with Crippen LogP contribution in [0.4, 0.5) is 0 Å². The van der Waals surface area contributed by atoms with Crippen molar-refractivity contribution in [2.75, 3.05) is 47.5 Å². The van der Waals surface area contributed by atoms with E-state index in [1.807, 2.05) is 27.2 Å². The number of rotatable bonds is 36. The van der Waals surface area contributed by atoms with E-state index in [0.29, 0.717) is 30.3 Å². The minimum Gasteiger partial charge on any atom is -0.756 e. The van der Waals surface area contributed by atoms with E-state index in [1.165, 1.54) is 12.8 Å². The van der Waals surface area contributed by atoms with E-state index in [4.69, 9.17) is 18.5 Å². The molecule has 0 aromatic carbocycles. The van der Waals surface area contributed by atoms with Gasteiger partial charge in [0, 0.05) is 12.8 Å². The van der Waals surface area contributed by atoms with Crippen LogP contribution in [0.5, 0.6) is 0 Å². The molecule has 11 nitrogen and oxygen atoms in total. The van der Waals surface area contributed by atoms with Gasteiger partial charge in [-0.3, -0.25) is 14.2 Å². The molecule has 0 rings (SSSR count). The molecule has 0 fully saturated rings. The number of phosphoric ester groups is 1. The molecule has 2 N–H and O–H groups in total. The molecule has 0 saturated heterocycles. The number of aliphatic hydroxyl groups excluding tert-OH is 2. The highest BCUT2D eigenvalue weighted by Gasteiger charge is 2.22. The van der Waals surface area contributed by atoms with Crippen LogP contribution in [0.1, 0.15) is 117 Å². The van der Waals surface area contributed by atoms with Gasteiger partial charge < -0.3 is 38.1 Å². The maximum Gasteiger partial charge on any atom is 0.306 e. The number of quaternary nitrogens is 1. The molecule has 0 aliphatic rings. The number of phosphoric acid groups is 1. The fraction of sp³-hybridized carbons (Fsp3) is 0.609. The minimum atomic E-state index is -4.71. The van der Waals surface area contributed by atoms with Gasteiger partial charge in [-0.25, -0.2) is 0 Å². The van der Waals surface area contributed by atoms with Gasteiger partial charge in [0.25, 0.3) is 7.82 Å². The van der Waals surface area contributed by atoms with Crippen LogP contribution in [0, 0.1) is 0 Å². The maximum absolute atomic E-state index is 12.7. The van der Waals surface area contributed by atoms with Crippen molar-refractivity contribution < 1.29 is 52.3 Å². The second kappa shape index (κ2) is 36.9. The average molecular weight is 834 g/mol. The SMILES string of the molecule is CC/C=C\C/C=C\C/C=C\C/C=C\CCCCC(=O)OC[C@H](COP(=O)([O-])OCC[N+](C)(C)C)OC(=O)CCC[C@@H](O)\C=C/C=C/C=C/[C@@H](O)C/C=C\CCCCC. The third-order valence-electron chi connectivity index (χ3n) is 8.28. The Labute approximate surface area is 350 Å². The topological polar surface area (TPSA) is 152 Å². The second-order valence-electron chi connectivity index (χ2n) is 15.0. The summed E-state index contributed by atoms with van der Waals surface area (Å²) in [4.78, 5) is 37.5. The summed E-state index contributed by atoms with van der Waals surface area (Å²) in [6.45, 7) is 3.67. The molecule has 0 heterocycles. The van der Waals surface area contributed by atoms with Crippen LogP contribution >= 0.6 is 7.82 Å².